The second-order valence-electron chi connectivity index (χ2n) is 6.11. The summed E-state index contributed by atoms with van der Waals surface area (Å²) in [5, 5.41) is 3.52. The molecular weight excluding hydrogens is 326 g/mol. The van der Waals surface area contributed by atoms with Gasteiger partial charge in [0.2, 0.25) is 0 Å². The molecule has 0 heterocycles. The minimum absolute atomic E-state index is 0.111. The van der Waals surface area contributed by atoms with E-state index < -0.39 is 0 Å². The average Bonchev–Trinajstić information content (AvgIpc) is 2.44. The van der Waals surface area contributed by atoms with Crippen molar-refractivity contribution in [1.29, 1.82) is 0 Å². The number of ether oxygens (including phenoxy) is 1. The van der Waals surface area contributed by atoms with Crippen LogP contribution < -0.4 is 10.1 Å². The number of rotatable bonds is 5. The Morgan fingerprint density at radius 3 is 2.19 bits per heavy atom. The lowest BCUT2D eigenvalue weighted by Crippen LogP contribution is -2.35. The van der Waals surface area contributed by atoms with Crippen molar-refractivity contribution < 1.29 is 4.74 Å². The van der Waals surface area contributed by atoms with Gasteiger partial charge in [0.05, 0.1) is 0 Å². The van der Waals surface area contributed by atoms with E-state index in [0.717, 1.165) is 16.8 Å². The molecule has 0 saturated heterocycles. The van der Waals surface area contributed by atoms with Gasteiger partial charge in [-0.1, -0.05) is 40.2 Å². The molecule has 2 aromatic carbocycles. The van der Waals surface area contributed by atoms with Gasteiger partial charge in [-0.2, -0.15) is 0 Å². The van der Waals surface area contributed by atoms with Crippen molar-refractivity contribution >= 4 is 15.9 Å². The van der Waals surface area contributed by atoms with Crippen molar-refractivity contribution in [2.75, 3.05) is 0 Å². The molecule has 3 heteroatoms. The van der Waals surface area contributed by atoms with Crippen LogP contribution in [0.4, 0.5) is 0 Å². The predicted octanol–water partition coefficient (Wildman–Crippen LogP) is 4.92. The zero-order valence-electron chi connectivity index (χ0n) is 12.8. The van der Waals surface area contributed by atoms with Gasteiger partial charge >= 0.3 is 0 Å². The van der Waals surface area contributed by atoms with Crippen LogP contribution in [-0.4, -0.2) is 5.54 Å². The van der Waals surface area contributed by atoms with Crippen molar-refractivity contribution in [3.05, 3.63) is 64.1 Å². The Hall–Kier alpha value is -1.32. The first-order valence-corrected chi connectivity index (χ1v) is 7.93. The van der Waals surface area contributed by atoms with Gasteiger partial charge in [0.25, 0.3) is 0 Å². The summed E-state index contributed by atoms with van der Waals surface area (Å²) in [6.45, 7) is 7.96. The van der Waals surface area contributed by atoms with E-state index >= 15 is 0 Å². The number of benzene rings is 2. The molecule has 0 unspecified atom stereocenters. The largest absolute Gasteiger partial charge is 0.489 e. The molecule has 0 aliphatic heterocycles. The second-order valence-corrected chi connectivity index (χ2v) is 7.03. The highest BCUT2D eigenvalue weighted by Crippen LogP contribution is 2.18. The maximum atomic E-state index is 5.87. The van der Waals surface area contributed by atoms with Gasteiger partial charge < -0.3 is 10.1 Å². The molecule has 0 fully saturated rings. The molecule has 2 rings (SSSR count). The van der Waals surface area contributed by atoms with E-state index in [9.17, 15) is 0 Å². The van der Waals surface area contributed by atoms with Gasteiger partial charge in [0.15, 0.2) is 0 Å². The standard InChI is InChI=1S/C18H22BrNO/c1-18(2,3)20-12-14-6-4-5-7-15(14)13-21-17-10-8-16(19)9-11-17/h4-11,20H,12-13H2,1-3H3. The third kappa shape index (κ3) is 5.52. The molecule has 2 aromatic rings. The van der Waals surface area contributed by atoms with E-state index in [1.54, 1.807) is 0 Å². The minimum atomic E-state index is 0.111. The molecule has 1 N–H and O–H groups in total. The Bertz CT molecular complexity index is 573. The third-order valence-corrected chi connectivity index (χ3v) is 3.66. The molecule has 0 atom stereocenters. The van der Waals surface area contributed by atoms with Crippen molar-refractivity contribution in [2.45, 2.75) is 39.5 Å². The summed E-state index contributed by atoms with van der Waals surface area (Å²) in [5.41, 5.74) is 2.61. The molecule has 0 spiro atoms. The lowest BCUT2D eigenvalue weighted by atomic mass is 10.1. The summed E-state index contributed by atoms with van der Waals surface area (Å²) in [6.07, 6.45) is 0. The highest BCUT2D eigenvalue weighted by Gasteiger charge is 2.10. The van der Waals surface area contributed by atoms with Crippen LogP contribution in [0, 0.1) is 0 Å². The normalized spacial score (nSPS) is 11.4. The van der Waals surface area contributed by atoms with E-state index in [1.165, 1.54) is 11.1 Å². The van der Waals surface area contributed by atoms with Gasteiger partial charge in [-0.05, 0) is 56.2 Å². The van der Waals surface area contributed by atoms with Crippen LogP contribution in [0.3, 0.4) is 0 Å². The molecule has 0 aromatic heterocycles. The zero-order chi connectivity index (χ0) is 15.3. The number of nitrogens with one attached hydrogen (secondary N) is 1. The Morgan fingerprint density at radius 2 is 1.57 bits per heavy atom. The molecule has 0 amide bonds. The minimum Gasteiger partial charge on any atom is -0.489 e. The number of halogens is 1. The summed E-state index contributed by atoms with van der Waals surface area (Å²) in [4.78, 5) is 0. The van der Waals surface area contributed by atoms with Crippen LogP contribution in [0.15, 0.2) is 53.0 Å². The highest BCUT2D eigenvalue weighted by molar-refractivity contribution is 9.10. The Labute approximate surface area is 135 Å². The molecule has 0 aliphatic rings. The number of hydrogen-bond donors (Lipinski definition) is 1. The fraction of sp³-hybridized carbons (Fsp3) is 0.333. The fourth-order valence-corrected chi connectivity index (χ4v) is 2.19. The molecule has 0 bridgehead atoms. The van der Waals surface area contributed by atoms with Crippen LogP contribution in [0.2, 0.25) is 0 Å². The van der Waals surface area contributed by atoms with Crippen molar-refractivity contribution in [3.63, 3.8) is 0 Å². The SMILES string of the molecule is CC(C)(C)NCc1ccccc1COc1ccc(Br)cc1. The predicted molar refractivity (Wildman–Crippen MR) is 91.5 cm³/mol. The summed E-state index contributed by atoms with van der Waals surface area (Å²) in [5.74, 6) is 0.886. The molecule has 0 aliphatic carbocycles. The summed E-state index contributed by atoms with van der Waals surface area (Å²) in [7, 11) is 0. The molecular formula is C18H22BrNO. The summed E-state index contributed by atoms with van der Waals surface area (Å²) >= 11 is 3.43. The molecule has 0 saturated carbocycles. The van der Waals surface area contributed by atoms with Gasteiger partial charge in [-0.15, -0.1) is 0 Å². The Morgan fingerprint density at radius 1 is 0.952 bits per heavy atom. The molecule has 21 heavy (non-hydrogen) atoms. The first kappa shape index (κ1) is 16.1. The van der Waals surface area contributed by atoms with Gasteiger partial charge in [0.1, 0.15) is 12.4 Å². The topological polar surface area (TPSA) is 21.3 Å². The quantitative estimate of drug-likeness (QED) is 0.828. The first-order valence-electron chi connectivity index (χ1n) is 7.14. The van der Waals surface area contributed by atoms with Crippen molar-refractivity contribution in [2.24, 2.45) is 0 Å². The van der Waals surface area contributed by atoms with E-state index in [4.69, 9.17) is 4.74 Å². The van der Waals surface area contributed by atoms with Crippen LogP contribution in [0.25, 0.3) is 0 Å². The smallest absolute Gasteiger partial charge is 0.119 e. The van der Waals surface area contributed by atoms with E-state index in [0.29, 0.717) is 6.61 Å². The molecule has 2 nitrogen and oxygen atoms in total. The van der Waals surface area contributed by atoms with E-state index in [1.807, 2.05) is 24.3 Å². The van der Waals surface area contributed by atoms with Crippen LogP contribution in [0.5, 0.6) is 5.75 Å². The van der Waals surface area contributed by atoms with Crippen LogP contribution in [0.1, 0.15) is 31.9 Å². The highest BCUT2D eigenvalue weighted by atomic mass is 79.9. The van der Waals surface area contributed by atoms with Gasteiger partial charge in [0, 0.05) is 16.6 Å². The average molecular weight is 348 g/mol. The summed E-state index contributed by atoms with van der Waals surface area (Å²) < 4.78 is 6.93. The first-order chi connectivity index (χ1) is 9.94. The molecule has 0 radical (unpaired) electrons. The van der Waals surface area contributed by atoms with Crippen LogP contribution >= 0.6 is 15.9 Å². The third-order valence-electron chi connectivity index (χ3n) is 3.14. The number of hydrogen-bond acceptors (Lipinski definition) is 2. The van der Waals surface area contributed by atoms with Gasteiger partial charge in [-0.25, -0.2) is 0 Å². The lowest BCUT2D eigenvalue weighted by Gasteiger charge is -2.21. The van der Waals surface area contributed by atoms with E-state index in [2.05, 4.69) is 66.3 Å². The monoisotopic (exact) mass is 347 g/mol. The van der Waals surface area contributed by atoms with Crippen molar-refractivity contribution in [3.8, 4) is 5.75 Å². The molecule has 112 valence electrons. The fourth-order valence-electron chi connectivity index (χ4n) is 1.92. The Kier molecular flexibility index (Phi) is 5.43. The zero-order valence-corrected chi connectivity index (χ0v) is 14.4. The maximum Gasteiger partial charge on any atom is 0.119 e. The van der Waals surface area contributed by atoms with Crippen molar-refractivity contribution in [1.82, 2.24) is 5.32 Å². The van der Waals surface area contributed by atoms with Gasteiger partial charge in [-0.3, -0.25) is 0 Å². The maximum absolute atomic E-state index is 5.87. The second kappa shape index (κ2) is 7.10. The Balaban J connectivity index is 2.01. The summed E-state index contributed by atoms with van der Waals surface area (Å²) in [6, 6.07) is 16.3. The van der Waals surface area contributed by atoms with Crippen LogP contribution in [-0.2, 0) is 13.2 Å². The lowest BCUT2D eigenvalue weighted by molar-refractivity contribution is 0.303. The van der Waals surface area contributed by atoms with E-state index in [-0.39, 0.29) is 5.54 Å².